The molecule has 4 nitrogen and oxygen atoms in total. The first-order chi connectivity index (χ1) is 9.99. The fourth-order valence-corrected chi connectivity index (χ4v) is 2.07. The zero-order valence-electron chi connectivity index (χ0n) is 10.9. The van der Waals surface area contributed by atoms with Crippen molar-refractivity contribution in [2.45, 2.75) is 6.18 Å². The fourth-order valence-electron chi connectivity index (χ4n) is 2.07. The minimum Gasteiger partial charge on any atom is -0.494 e. The van der Waals surface area contributed by atoms with Gasteiger partial charge >= 0.3 is 6.18 Å². The second kappa shape index (κ2) is 4.76. The summed E-state index contributed by atoms with van der Waals surface area (Å²) in [6, 6.07) is 5.79. The van der Waals surface area contributed by atoms with Gasteiger partial charge in [0.25, 0.3) is 0 Å². The molecular formula is C14H10F3N3O. The van der Waals surface area contributed by atoms with Crippen molar-refractivity contribution in [2.75, 3.05) is 7.11 Å². The normalized spacial score (nSPS) is 11.8. The molecule has 0 unspecified atom stereocenters. The Morgan fingerprint density at radius 2 is 2.00 bits per heavy atom. The van der Waals surface area contributed by atoms with Gasteiger partial charge in [0.05, 0.1) is 19.0 Å². The van der Waals surface area contributed by atoms with Crippen molar-refractivity contribution in [3.8, 4) is 17.0 Å². The first-order valence-corrected chi connectivity index (χ1v) is 6.04. The summed E-state index contributed by atoms with van der Waals surface area (Å²) in [6.07, 6.45) is -1.35. The minimum absolute atomic E-state index is 0.179. The summed E-state index contributed by atoms with van der Waals surface area (Å²) in [5.41, 5.74) is 0.582. The second-order valence-corrected chi connectivity index (χ2v) is 4.39. The van der Waals surface area contributed by atoms with Crippen molar-refractivity contribution in [1.29, 1.82) is 0 Å². The van der Waals surface area contributed by atoms with Gasteiger partial charge in [0.15, 0.2) is 0 Å². The smallest absolute Gasteiger partial charge is 0.433 e. The maximum absolute atomic E-state index is 12.7. The van der Waals surface area contributed by atoms with Crippen molar-refractivity contribution >= 4 is 11.0 Å². The molecule has 0 amide bonds. The summed E-state index contributed by atoms with van der Waals surface area (Å²) in [5, 5.41) is 0.594. The number of alkyl halides is 3. The molecule has 7 heteroatoms. The van der Waals surface area contributed by atoms with Crippen molar-refractivity contribution in [1.82, 2.24) is 15.0 Å². The summed E-state index contributed by atoms with van der Waals surface area (Å²) >= 11 is 0. The van der Waals surface area contributed by atoms with Crippen molar-refractivity contribution in [3.05, 3.63) is 42.4 Å². The molecule has 21 heavy (non-hydrogen) atoms. The van der Waals surface area contributed by atoms with Crippen LogP contribution in [-0.4, -0.2) is 22.1 Å². The van der Waals surface area contributed by atoms with Gasteiger partial charge in [-0.1, -0.05) is 0 Å². The molecule has 1 N–H and O–H groups in total. The van der Waals surface area contributed by atoms with Crippen LogP contribution in [0.3, 0.4) is 0 Å². The van der Waals surface area contributed by atoms with Gasteiger partial charge in [0.1, 0.15) is 17.1 Å². The van der Waals surface area contributed by atoms with E-state index in [0.717, 1.165) is 6.07 Å². The molecule has 0 spiro atoms. The van der Waals surface area contributed by atoms with Gasteiger partial charge in [-0.3, -0.25) is 4.98 Å². The van der Waals surface area contributed by atoms with Crippen molar-refractivity contribution < 1.29 is 17.9 Å². The van der Waals surface area contributed by atoms with Crippen LogP contribution in [-0.2, 0) is 6.18 Å². The average Bonchev–Trinajstić information content (AvgIpc) is 2.89. The van der Waals surface area contributed by atoms with Crippen LogP contribution in [0.2, 0.25) is 0 Å². The Morgan fingerprint density at radius 1 is 1.19 bits per heavy atom. The van der Waals surface area contributed by atoms with Crippen molar-refractivity contribution in [2.24, 2.45) is 0 Å². The highest BCUT2D eigenvalue weighted by Crippen LogP contribution is 2.32. The molecule has 0 aliphatic carbocycles. The van der Waals surface area contributed by atoms with E-state index in [2.05, 4.69) is 15.0 Å². The number of halogens is 3. The van der Waals surface area contributed by atoms with E-state index in [1.165, 1.54) is 19.4 Å². The Morgan fingerprint density at radius 3 is 2.71 bits per heavy atom. The van der Waals surface area contributed by atoms with Crippen LogP contribution in [0.15, 0.2) is 36.7 Å². The van der Waals surface area contributed by atoms with Crippen LogP contribution in [0.1, 0.15) is 5.69 Å². The number of hydrogen-bond acceptors (Lipinski definition) is 3. The number of fused-ring (bicyclic) bond motifs is 1. The van der Waals surface area contributed by atoms with Crippen LogP contribution in [0.5, 0.6) is 5.75 Å². The number of aromatic amines is 1. The number of ether oxygens (including phenoxy) is 1. The lowest BCUT2D eigenvalue weighted by atomic mass is 10.2. The summed E-state index contributed by atoms with van der Waals surface area (Å²) in [5.74, 6) is 0.528. The first kappa shape index (κ1) is 13.4. The highest BCUT2D eigenvalue weighted by molar-refractivity contribution is 5.84. The number of hydrogen-bond donors (Lipinski definition) is 1. The molecular weight excluding hydrogens is 283 g/mol. The number of rotatable bonds is 2. The summed E-state index contributed by atoms with van der Waals surface area (Å²) in [7, 11) is 1.50. The van der Waals surface area contributed by atoms with Gasteiger partial charge in [0, 0.05) is 17.1 Å². The highest BCUT2D eigenvalue weighted by Gasteiger charge is 2.32. The van der Waals surface area contributed by atoms with Gasteiger partial charge in [0.2, 0.25) is 0 Å². The molecule has 0 saturated carbocycles. The van der Waals surface area contributed by atoms with E-state index >= 15 is 0 Å². The molecule has 0 radical (unpaired) electrons. The number of pyridine rings is 2. The van der Waals surface area contributed by atoms with Gasteiger partial charge in [-0.2, -0.15) is 13.2 Å². The van der Waals surface area contributed by atoms with Gasteiger partial charge in [-0.05, 0) is 24.3 Å². The third-order valence-corrected chi connectivity index (χ3v) is 3.06. The predicted molar refractivity (Wildman–Crippen MR) is 70.9 cm³/mol. The molecule has 0 atom stereocenters. The number of H-pyrrole nitrogens is 1. The highest BCUT2D eigenvalue weighted by atomic mass is 19.4. The number of nitrogens with one attached hydrogen (secondary N) is 1. The first-order valence-electron chi connectivity index (χ1n) is 6.04. The zero-order valence-corrected chi connectivity index (χ0v) is 10.9. The monoisotopic (exact) mass is 293 g/mol. The molecule has 3 rings (SSSR count). The molecule has 0 aliphatic heterocycles. The quantitative estimate of drug-likeness (QED) is 0.784. The average molecular weight is 293 g/mol. The van der Waals surface area contributed by atoms with Crippen LogP contribution >= 0.6 is 0 Å². The van der Waals surface area contributed by atoms with E-state index < -0.39 is 11.9 Å². The Kier molecular flexibility index (Phi) is 3.04. The van der Waals surface area contributed by atoms with Crippen LogP contribution in [0.25, 0.3) is 22.3 Å². The lowest BCUT2D eigenvalue weighted by Crippen LogP contribution is -2.07. The lowest BCUT2D eigenvalue weighted by molar-refractivity contribution is -0.141. The Hall–Kier alpha value is -2.57. The Bertz CT molecular complexity index is 796. The van der Waals surface area contributed by atoms with Crippen LogP contribution in [0.4, 0.5) is 13.2 Å². The molecule has 0 fully saturated rings. The third-order valence-electron chi connectivity index (χ3n) is 3.06. The van der Waals surface area contributed by atoms with E-state index in [-0.39, 0.29) is 5.65 Å². The van der Waals surface area contributed by atoms with Gasteiger partial charge in [-0.25, -0.2) is 4.98 Å². The third kappa shape index (κ3) is 2.42. The molecule has 3 aromatic heterocycles. The molecule has 0 aromatic carbocycles. The molecule has 0 bridgehead atoms. The Labute approximate surface area is 117 Å². The summed E-state index contributed by atoms with van der Waals surface area (Å²) < 4.78 is 43.2. The minimum atomic E-state index is -4.46. The van der Waals surface area contributed by atoms with Crippen molar-refractivity contribution in [3.63, 3.8) is 0 Å². The standard InChI is InChI=1S/C14H10F3N3O/c1-21-11-7-18-5-4-9(11)10-6-8-2-3-12(14(15,16)17)20-13(8)19-10/h2-7H,1H3,(H,19,20). The topological polar surface area (TPSA) is 50.8 Å². The number of methoxy groups -OCH3 is 1. The van der Waals surface area contributed by atoms with Gasteiger partial charge in [-0.15, -0.1) is 0 Å². The number of nitrogens with zero attached hydrogens (tertiary/aromatic N) is 2. The van der Waals surface area contributed by atoms with E-state index in [1.54, 1.807) is 18.3 Å². The Balaban J connectivity index is 2.13. The second-order valence-electron chi connectivity index (χ2n) is 4.39. The largest absolute Gasteiger partial charge is 0.494 e. The molecule has 108 valence electrons. The van der Waals surface area contributed by atoms with Gasteiger partial charge < -0.3 is 9.72 Å². The molecule has 3 aromatic rings. The predicted octanol–water partition coefficient (Wildman–Crippen LogP) is 3.65. The number of aromatic nitrogens is 3. The van der Waals surface area contributed by atoms with E-state index in [9.17, 15) is 13.2 Å². The molecule has 0 aliphatic rings. The molecule has 0 saturated heterocycles. The maximum Gasteiger partial charge on any atom is 0.433 e. The van der Waals surface area contributed by atoms with E-state index in [0.29, 0.717) is 22.4 Å². The van der Waals surface area contributed by atoms with E-state index in [1.807, 2.05) is 0 Å². The van der Waals surface area contributed by atoms with Crippen LogP contribution in [0, 0.1) is 0 Å². The zero-order chi connectivity index (χ0) is 15.0. The SMILES string of the molecule is COc1cnccc1-c1cc2ccc(C(F)(F)F)nc2[nH]1. The maximum atomic E-state index is 12.7. The van der Waals surface area contributed by atoms with Crippen LogP contribution < -0.4 is 4.74 Å². The fraction of sp³-hybridized carbons (Fsp3) is 0.143. The molecule has 3 heterocycles. The van der Waals surface area contributed by atoms with E-state index in [4.69, 9.17) is 4.74 Å². The lowest BCUT2D eigenvalue weighted by Gasteiger charge is -2.05. The summed E-state index contributed by atoms with van der Waals surface area (Å²) in [4.78, 5) is 10.4. The summed E-state index contributed by atoms with van der Waals surface area (Å²) in [6.45, 7) is 0.